The Kier molecular flexibility index (Phi) is 6.31. The molecule has 0 atom stereocenters. The van der Waals surface area contributed by atoms with E-state index in [1.807, 2.05) is 12.1 Å². The Hall–Kier alpha value is -2.81. The Labute approximate surface area is 188 Å². The molecule has 0 saturated carbocycles. The van der Waals surface area contributed by atoms with Gasteiger partial charge in [0.1, 0.15) is 18.4 Å². The maximum absolute atomic E-state index is 11.7. The van der Waals surface area contributed by atoms with Crippen molar-refractivity contribution < 1.29 is 9.53 Å². The molecule has 1 saturated heterocycles. The number of fused-ring (bicyclic) bond motifs is 1. The van der Waals surface area contributed by atoms with Crippen molar-refractivity contribution in [3.05, 3.63) is 69.2 Å². The van der Waals surface area contributed by atoms with Crippen molar-refractivity contribution >= 4 is 23.1 Å². The molecular weight excluding hydrogens is 410 g/mol. The first-order valence-electron chi connectivity index (χ1n) is 10.6. The van der Waals surface area contributed by atoms with Crippen LogP contribution in [0.1, 0.15) is 35.6 Å². The number of hydrogen-bond donors (Lipinski definition) is 1. The lowest BCUT2D eigenvalue weighted by Gasteiger charge is -2.39. The maximum Gasteiger partial charge on any atom is 0.225 e. The van der Waals surface area contributed by atoms with Gasteiger partial charge in [-0.05, 0) is 66.3 Å². The number of likely N-dealkylation sites (tertiary alicyclic amines) is 1. The Morgan fingerprint density at radius 2 is 2.06 bits per heavy atom. The third-order valence-electron chi connectivity index (χ3n) is 6.26. The molecule has 0 radical (unpaired) electrons. The fourth-order valence-corrected chi connectivity index (χ4v) is 4.58. The fraction of sp³-hybridized carbons (Fsp3) is 0.360. The van der Waals surface area contributed by atoms with Crippen LogP contribution >= 0.6 is 11.6 Å². The Balaban J connectivity index is 1.39. The van der Waals surface area contributed by atoms with Crippen molar-refractivity contribution in [1.29, 1.82) is 5.26 Å². The molecular formula is C25H26ClN3O2. The average molecular weight is 436 g/mol. The number of nitrogens with zero attached hydrogens (tertiary/aromatic N) is 2. The van der Waals surface area contributed by atoms with E-state index >= 15 is 0 Å². The van der Waals surface area contributed by atoms with Crippen molar-refractivity contribution in [2.45, 2.75) is 26.4 Å². The van der Waals surface area contributed by atoms with E-state index in [9.17, 15) is 4.79 Å². The summed E-state index contributed by atoms with van der Waals surface area (Å²) in [5.41, 5.74) is 6.81. The lowest BCUT2D eigenvalue weighted by atomic mass is 9.85. The molecule has 1 N–H and O–H groups in total. The summed E-state index contributed by atoms with van der Waals surface area (Å²) in [6.07, 6.45) is 2.03. The molecule has 4 rings (SSSR count). The van der Waals surface area contributed by atoms with E-state index in [1.54, 1.807) is 19.2 Å². The maximum atomic E-state index is 11.7. The Morgan fingerprint density at radius 3 is 2.77 bits per heavy atom. The first kappa shape index (κ1) is 21.4. The molecule has 2 aromatic rings. The van der Waals surface area contributed by atoms with Gasteiger partial charge >= 0.3 is 0 Å². The molecule has 1 amide bonds. The van der Waals surface area contributed by atoms with Gasteiger partial charge in [0.25, 0.3) is 0 Å². The Bertz CT molecular complexity index is 1080. The van der Waals surface area contributed by atoms with Crippen molar-refractivity contribution in [3.63, 3.8) is 0 Å². The number of benzene rings is 2. The number of aryl methyl sites for hydroxylation is 1. The normalized spacial score (nSPS) is 16.3. The molecule has 2 aromatic carbocycles. The van der Waals surface area contributed by atoms with Crippen molar-refractivity contribution in [2.75, 3.05) is 26.7 Å². The van der Waals surface area contributed by atoms with Gasteiger partial charge in [0, 0.05) is 26.7 Å². The molecule has 5 nitrogen and oxygen atoms in total. The van der Waals surface area contributed by atoms with Crippen molar-refractivity contribution in [3.8, 4) is 11.8 Å². The smallest absolute Gasteiger partial charge is 0.225 e. The van der Waals surface area contributed by atoms with Gasteiger partial charge in [0.2, 0.25) is 5.91 Å². The number of allylic oxidation sites excluding steroid dienone is 1. The van der Waals surface area contributed by atoms with E-state index in [0.717, 1.165) is 43.8 Å². The van der Waals surface area contributed by atoms with Gasteiger partial charge in [0.15, 0.2) is 0 Å². The lowest BCUT2D eigenvalue weighted by molar-refractivity contribution is -0.129. The van der Waals surface area contributed by atoms with Crippen LogP contribution in [0.5, 0.6) is 5.75 Å². The van der Waals surface area contributed by atoms with E-state index in [2.05, 4.69) is 35.3 Å². The van der Waals surface area contributed by atoms with Crippen LogP contribution in [0.15, 0.2) is 42.0 Å². The highest BCUT2D eigenvalue weighted by atomic mass is 35.5. The summed E-state index contributed by atoms with van der Waals surface area (Å²) >= 11 is 6.11. The minimum atomic E-state index is 0.132. The third-order valence-corrected chi connectivity index (χ3v) is 6.57. The number of halogens is 1. The molecule has 2 aliphatic rings. The number of carbonyl (C=O) groups excluding carboxylic acids is 1. The molecule has 31 heavy (non-hydrogen) atoms. The molecule has 1 aliphatic heterocycles. The summed E-state index contributed by atoms with van der Waals surface area (Å²) in [6.45, 7) is 5.23. The van der Waals surface area contributed by atoms with Crippen LogP contribution < -0.4 is 10.1 Å². The topological polar surface area (TPSA) is 65.4 Å². The largest absolute Gasteiger partial charge is 0.489 e. The van der Waals surface area contributed by atoms with Crippen molar-refractivity contribution in [2.24, 2.45) is 5.92 Å². The highest BCUT2D eigenvalue weighted by molar-refractivity contribution is 6.31. The number of ether oxygens (including phenoxy) is 1. The molecule has 160 valence electrons. The van der Waals surface area contributed by atoms with Gasteiger partial charge < -0.3 is 10.1 Å². The molecule has 0 spiro atoms. The fourth-order valence-electron chi connectivity index (χ4n) is 4.34. The van der Waals surface area contributed by atoms with E-state index in [-0.39, 0.29) is 11.8 Å². The zero-order chi connectivity index (χ0) is 22.0. The minimum absolute atomic E-state index is 0.132. The summed E-state index contributed by atoms with van der Waals surface area (Å²) in [4.78, 5) is 14.1. The first-order valence-corrected chi connectivity index (χ1v) is 10.9. The quantitative estimate of drug-likeness (QED) is 0.738. The van der Waals surface area contributed by atoms with Crippen molar-refractivity contribution in [1.82, 2.24) is 10.2 Å². The van der Waals surface area contributed by atoms with Crippen LogP contribution in [-0.4, -0.2) is 37.5 Å². The van der Waals surface area contributed by atoms with Crippen LogP contribution in [0.25, 0.3) is 5.57 Å². The molecule has 0 bridgehead atoms. The second-order valence-electron chi connectivity index (χ2n) is 8.27. The van der Waals surface area contributed by atoms with Crippen LogP contribution in [0, 0.1) is 17.2 Å². The van der Waals surface area contributed by atoms with E-state index < -0.39 is 0 Å². The SMILES string of the molecule is CNC(=O)C1CN(CC2=C(C)c3ccc(OCc4ccc(C#N)c(Cl)c4)cc3CC2)C1. The Morgan fingerprint density at radius 1 is 1.26 bits per heavy atom. The minimum Gasteiger partial charge on any atom is -0.489 e. The van der Waals surface area contributed by atoms with Gasteiger partial charge in [-0.2, -0.15) is 5.26 Å². The van der Waals surface area contributed by atoms with Gasteiger partial charge in [-0.15, -0.1) is 0 Å². The summed E-state index contributed by atoms with van der Waals surface area (Å²) < 4.78 is 5.98. The van der Waals surface area contributed by atoms with Crippen LogP contribution in [-0.2, 0) is 17.8 Å². The average Bonchev–Trinajstić information content (AvgIpc) is 2.75. The summed E-state index contributed by atoms with van der Waals surface area (Å²) in [7, 11) is 1.70. The molecule has 0 unspecified atom stereocenters. The monoisotopic (exact) mass is 435 g/mol. The van der Waals surface area contributed by atoms with E-state index in [1.165, 1.54) is 22.3 Å². The summed E-state index contributed by atoms with van der Waals surface area (Å²) in [5.74, 6) is 1.12. The standard InChI is InChI=1S/C25H26ClN3O2/c1-16-20(12-29-13-21(14-29)25(30)28-2)6-5-18-10-22(7-8-23(16)18)31-15-17-3-4-19(11-27)24(26)9-17/h3-4,7-10,21H,5-6,12-15H2,1-2H3,(H,28,30). The first-order chi connectivity index (χ1) is 15.0. The predicted molar refractivity (Wildman–Crippen MR) is 122 cm³/mol. The number of amides is 1. The van der Waals surface area contributed by atoms with Gasteiger partial charge in [-0.1, -0.05) is 29.3 Å². The lowest BCUT2D eigenvalue weighted by Crippen LogP contribution is -2.53. The second kappa shape index (κ2) is 9.13. The summed E-state index contributed by atoms with van der Waals surface area (Å²) in [5, 5.41) is 12.2. The second-order valence-corrected chi connectivity index (χ2v) is 8.67. The molecule has 1 heterocycles. The number of nitrogens with one attached hydrogen (secondary N) is 1. The van der Waals surface area contributed by atoms with Crippen LogP contribution in [0.3, 0.4) is 0 Å². The summed E-state index contributed by atoms with van der Waals surface area (Å²) in [6, 6.07) is 13.7. The predicted octanol–water partition coefficient (Wildman–Crippen LogP) is 4.19. The zero-order valence-corrected chi connectivity index (χ0v) is 18.6. The number of nitriles is 1. The third kappa shape index (κ3) is 4.61. The van der Waals surface area contributed by atoms with Gasteiger partial charge in [-0.25, -0.2) is 0 Å². The van der Waals surface area contributed by atoms with Gasteiger partial charge in [0.05, 0.1) is 16.5 Å². The molecule has 1 fully saturated rings. The molecule has 0 aromatic heterocycles. The number of carbonyl (C=O) groups is 1. The zero-order valence-electron chi connectivity index (χ0n) is 17.9. The van der Waals surface area contributed by atoms with Crippen LogP contribution in [0.4, 0.5) is 0 Å². The number of rotatable bonds is 6. The van der Waals surface area contributed by atoms with E-state index in [0.29, 0.717) is 17.2 Å². The molecule has 6 heteroatoms. The van der Waals surface area contributed by atoms with Gasteiger partial charge in [-0.3, -0.25) is 9.69 Å². The highest BCUT2D eigenvalue weighted by Gasteiger charge is 2.32. The van der Waals surface area contributed by atoms with Crippen LogP contribution in [0.2, 0.25) is 5.02 Å². The molecule has 1 aliphatic carbocycles. The highest BCUT2D eigenvalue weighted by Crippen LogP contribution is 2.34. The van der Waals surface area contributed by atoms with E-state index in [4.69, 9.17) is 21.6 Å². The number of hydrogen-bond acceptors (Lipinski definition) is 4.